The van der Waals surface area contributed by atoms with Crippen molar-refractivity contribution in [3.63, 3.8) is 0 Å². The summed E-state index contributed by atoms with van der Waals surface area (Å²) in [5, 5.41) is 11.1. The molecule has 0 fully saturated rings. The lowest BCUT2D eigenvalue weighted by Gasteiger charge is -2.25. The van der Waals surface area contributed by atoms with Crippen LogP contribution in [0.5, 0.6) is 0 Å². The van der Waals surface area contributed by atoms with Gasteiger partial charge in [0, 0.05) is 5.02 Å². The molecule has 0 bridgehead atoms. The fraction of sp³-hybridized carbons (Fsp3) is 0.0833. The number of nitrogens with zero attached hydrogens (tertiary/aromatic N) is 1. The molecule has 0 saturated carbocycles. The van der Waals surface area contributed by atoms with Gasteiger partial charge in [-0.05, 0) is 41.5 Å². The van der Waals surface area contributed by atoms with Gasteiger partial charge in [0.25, 0.3) is 5.91 Å². The summed E-state index contributed by atoms with van der Waals surface area (Å²) in [6.45, 7) is 0.113. The Morgan fingerprint density at radius 3 is 2.47 bits per heavy atom. The number of benzene rings is 2. The van der Waals surface area contributed by atoms with Crippen molar-refractivity contribution in [2.75, 3.05) is 0 Å². The maximum atomic E-state index is 13.0. The molecular weight excluding hydrogens is 402 g/mol. The molecule has 0 spiro atoms. The first-order valence-electron chi connectivity index (χ1n) is 9.34. The number of carbonyl (C=O) groups is 2. The highest BCUT2D eigenvalue weighted by Gasteiger charge is 2.43. The lowest BCUT2D eigenvalue weighted by molar-refractivity contribution is -0.130. The summed E-state index contributed by atoms with van der Waals surface area (Å²) in [5.74, 6) is -1.07. The van der Waals surface area contributed by atoms with Gasteiger partial charge in [0.1, 0.15) is 5.76 Å². The smallest absolute Gasteiger partial charge is 0.290 e. The van der Waals surface area contributed by atoms with Crippen molar-refractivity contribution in [3.8, 4) is 0 Å². The van der Waals surface area contributed by atoms with Crippen LogP contribution in [0, 0.1) is 0 Å². The van der Waals surface area contributed by atoms with Gasteiger partial charge >= 0.3 is 0 Å². The van der Waals surface area contributed by atoms with Crippen LogP contribution in [0.1, 0.15) is 22.9 Å². The van der Waals surface area contributed by atoms with Gasteiger partial charge in [0.05, 0.1) is 24.4 Å². The van der Waals surface area contributed by atoms with Crippen LogP contribution < -0.4 is 0 Å². The van der Waals surface area contributed by atoms with E-state index in [1.54, 1.807) is 42.5 Å². The predicted octanol–water partition coefficient (Wildman–Crippen LogP) is 5.11. The maximum Gasteiger partial charge on any atom is 0.290 e. The van der Waals surface area contributed by atoms with Gasteiger partial charge in [-0.3, -0.25) is 9.59 Å². The predicted molar refractivity (Wildman–Crippen MR) is 114 cm³/mol. The van der Waals surface area contributed by atoms with Crippen molar-refractivity contribution in [1.82, 2.24) is 4.90 Å². The number of furan rings is 1. The Labute approximate surface area is 178 Å². The largest absolute Gasteiger partial charge is 0.503 e. The number of halogens is 1. The van der Waals surface area contributed by atoms with Gasteiger partial charge in [-0.25, -0.2) is 0 Å². The van der Waals surface area contributed by atoms with E-state index in [4.69, 9.17) is 16.0 Å². The average molecular weight is 420 g/mol. The zero-order valence-electron chi connectivity index (χ0n) is 15.9. The van der Waals surface area contributed by atoms with E-state index < -0.39 is 23.5 Å². The SMILES string of the molecule is O=C(C=Cc1ccccc1)C1=C(O)C(=O)N(Cc2ccco2)C1c1ccc(Cl)cc1. The highest BCUT2D eigenvalue weighted by Crippen LogP contribution is 2.39. The van der Waals surface area contributed by atoms with Gasteiger partial charge in [-0.1, -0.05) is 60.1 Å². The Bertz CT molecular complexity index is 1120. The third-order valence-corrected chi connectivity index (χ3v) is 5.14. The number of allylic oxidation sites excluding steroid dienone is 1. The maximum absolute atomic E-state index is 13.0. The van der Waals surface area contributed by atoms with Crippen molar-refractivity contribution in [3.05, 3.63) is 112 Å². The van der Waals surface area contributed by atoms with Crippen molar-refractivity contribution in [2.45, 2.75) is 12.6 Å². The number of aliphatic hydroxyl groups excluding tert-OH is 1. The molecule has 30 heavy (non-hydrogen) atoms. The van der Waals surface area contributed by atoms with Gasteiger partial charge in [0.15, 0.2) is 11.5 Å². The highest BCUT2D eigenvalue weighted by molar-refractivity contribution is 6.30. The zero-order valence-corrected chi connectivity index (χ0v) is 16.6. The van der Waals surface area contributed by atoms with E-state index in [2.05, 4.69) is 0 Å². The molecule has 3 aromatic rings. The van der Waals surface area contributed by atoms with E-state index in [1.165, 1.54) is 17.2 Å². The van der Waals surface area contributed by atoms with Crippen LogP contribution in [0.25, 0.3) is 6.08 Å². The summed E-state index contributed by atoms with van der Waals surface area (Å²) < 4.78 is 5.37. The summed E-state index contributed by atoms with van der Waals surface area (Å²) in [5.41, 5.74) is 1.53. The first kappa shape index (κ1) is 19.7. The Morgan fingerprint density at radius 1 is 1.07 bits per heavy atom. The third kappa shape index (κ3) is 3.93. The summed E-state index contributed by atoms with van der Waals surface area (Å²) >= 11 is 6.01. The summed E-state index contributed by atoms with van der Waals surface area (Å²) in [4.78, 5) is 27.3. The van der Waals surface area contributed by atoms with Crippen molar-refractivity contribution >= 4 is 29.4 Å². The Morgan fingerprint density at radius 2 is 1.80 bits per heavy atom. The van der Waals surface area contributed by atoms with Crippen molar-refractivity contribution in [1.29, 1.82) is 0 Å². The Balaban J connectivity index is 1.72. The first-order chi connectivity index (χ1) is 14.5. The second-order valence-electron chi connectivity index (χ2n) is 6.84. The lowest BCUT2D eigenvalue weighted by Crippen LogP contribution is -2.30. The number of aliphatic hydroxyl groups is 1. The molecule has 0 radical (unpaired) electrons. The molecule has 1 aromatic heterocycles. The molecule has 5 nitrogen and oxygen atoms in total. The van der Waals surface area contributed by atoms with E-state index in [-0.39, 0.29) is 12.1 Å². The van der Waals surface area contributed by atoms with Crippen LogP contribution in [-0.2, 0) is 16.1 Å². The van der Waals surface area contributed by atoms with Gasteiger partial charge in [0.2, 0.25) is 0 Å². The first-order valence-corrected chi connectivity index (χ1v) is 9.72. The molecule has 1 aliphatic rings. The normalized spacial score (nSPS) is 16.6. The lowest BCUT2D eigenvalue weighted by atomic mass is 9.95. The summed E-state index contributed by atoms with van der Waals surface area (Å²) in [6.07, 6.45) is 4.53. The highest BCUT2D eigenvalue weighted by atomic mass is 35.5. The molecule has 1 atom stereocenters. The van der Waals surface area contributed by atoms with Crippen LogP contribution in [0.15, 0.2) is 94.8 Å². The second-order valence-corrected chi connectivity index (χ2v) is 7.27. The monoisotopic (exact) mass is 419 g/mol. The summed E-state index contributed by atoms with van der Waals surface area (Å²) in [6, 6.07) is 18.9. The topological polar surface area (TPSA) is 70.8 Å². The molecule has 150 valence electrons. The number of ketones is 1. The molecule has 0 aliphatic carbocycles. The fourth-order valence-electron chi connectivity index (χ4n) is 3.46. The molecule has 4 rings (SSSR count). The number of carbonyl (C=O) groups excluding carboxylic acids is 2. The van der Waals surface area contributed by atoms with Crippen LogP contribution in [0.2, 0.25) is 5.02 Å². The van der Waals surface area contributed by atoms with E-state index in [0.29, 0.717) is 16.3 Å². The Hall–Kier alpha value is -3.57. The fourth-order valence-corrected chi connectivity index (χ4v) is 3.58. The number of rotatable bonds is 6. The average Bonchev–Trinajstić information content (AvgIpc) is 3.36. The minimum Gasteiger partial charge on any atom is -0.503 e. The zero-order chi connectivity index (χ0) is 21.1. The number of amides is 1. The van der Waals surface area contributed by atoms with Gasteiger partial charge in [-0.15, -0.1) is 0 Å². The second kappa shape index (κ2) is 8.43. The molecular formula is C24H18ClNO4. The summed E-state index contributed by atoms with van der Waals surface area (Å²) in [7, 11) is 0. The van der Waals surface area contributed by atoms with E-state index in [1.807, 2.05) is 30.3 Å². The standard InChI is InChI=1S/C24H18ClNO4/c25-18-11-9-17(10-12-18)22-21(20(27)13-8-16-5-2-1-3-6-16)23(28)24(29)26(22)15-19-7-4-14-30-19/h1-14,22,28H,15H2. The van der Waals surface area contributed by atoms with Crippen molar-refractivity contribution in [2.24, 2.45) is 0 Å². The minimum absolute atomic E-state index is 0.0288. The Kier molecular flexibility index (Phi) is 5.55. The molecule has 1 unspecified atom stereocenters. The molecule has 1 N–H and O–H groups in total. The molecule has 1 amide bonds. The van der Waals surface area contributed by atoms with E-state index >= 15 is 0 Å². The van der Waals surface area contributed by atoms with Gasteiger partial charge in [-0.2, -0.15) is 0 Å². The van der Waals surface area contributed by atoms with Crippen LogP contribution in [0.3, 0.4) is 0 Å². The molecule has 0 saturated heterocycles. The van der Waals surface area contributed by atoms with Gasteiger partial charge < -0.3 is 14.4 Å². The molecule has 2 heterocycles. The van der Waals surface area contributed by atoms with Crippen molar-refractivity contribution < 1.29 is 19.1 Å². The van der Waals surface area contributed by atoms with Crippen LogP contribution >= 0.6 is 11.6 Å². The third-order valence-electron chi connectivity index (χ3n) is 4.89. The minimum atomic E-state index is -0.757. The van der Waals surface area contributed by atoms with Crippen LogP contribution in [-0.4, -0.2) is 21.7 Å². The van der Waals surface area contributed by atoms with E-state index in [0.717, 1.165) is 5.56 Å². The molecule has 2 aromatic carbocycles. The molecule has 1 aliphatic heterocycles. The van der Waals surface area contributed by atoms with E-state index in [9.17, 15) is 14.7 Å². The number of hydrogen-bond acceptors (Lipinski definition) is 4. The number of hydrogen-bond donors (Lipinski definition) is 1. The molecule has 6 heteroatoms. The van der Waals surface area contributed by atoms with Crippen LogP contribution in [0.4, 0.5) is 0 Å². The quantitative estimate of drug-likeness (QED) is 0.563.